The Labute approximate surface area is 156 Å². The molecule has 1 aromatic rings. The van der Waals surface area contributed by atoms with Crippen LogP contribution in [0.5, 0.6) is 0 Å². The summed E-state index contributed by atoms with van der Waals surface area (Å²) in [7, 11) is 0. The Kier molecular flexibility index (Phi) is 7.02. The summed E-state index contributed by atoms with van der Waals surface area (Å²) in [6, 6.07) is 9.61. The molecule has 25 heavy (non-hydrogen) atoms. The molecular weight excluding hydrogens is 300 g/mol. The van der Waals surface area contributed by atoms with E-state index in [-0.39, 0.29) is 0 Å². The van der Waals surface area contributed by atoms with Crippen LogP contribution in [-0.4, -0.2) is 0 Å². The minimum absolute atomic E-state index is 0.758. The standard InChI is InChI=1S/C25H40/c1-19(2)18-23-12-16-25(17-13-23)24-14-10-22(11-15-24)9-8-21-6-4-20(3)5-7-21/h12-13,16-17,19-22,24H,4-11,14-15,18H2,1-3H3. The first-order valence-electron chi connectivity index (χ1n) is 11.2. The third-order valence-electron chi connectivity index (χ3n) is 7.06. The Balaban J connectivity index is 1.39. The molecule has 1 aromatic carbocycles. The van der Waals surface area contributed by atoms with E-state index in [1.54, 1.807) is 5.56 Å². The summed E-state index contributed by atoms with van der Waals surface area (Å²) in [6.45, 7) is 7.05. The molecule has 0 heterocycles. The molecule has 0 radical (unpaired) electrons. The van der Waals surface area contributed by atoms with E-state index in [1.807, 2.05) is 0 Å². The maximum Gasteiger partial charge on any atom is -0.0162 e. The van der Waals surface area contributed by atoms with Gasteiger partial charge in [-0.05, 0) is 72.8 Å². The predicted molar refractivity (Wildman–Crippen MR) is 110 cm³/mol. The summed E-state index contributed by atoms with van der Waals surface area (Å²) in [4.78, 5) is 0. The second-order valence-corrected chi connectivity index (χ2v) is 9.76. The minimum Gasteiger partial charge on any atom is -0.0625 e. The van der Waals surface area contributed by atoms with Gasteiger partial charge in [-0.25, -0.2) is 0 Å². The van der Waals surface area contributed by atoms with Crippen molar-refractivity contribution in [1.82, 2.24) is 0 Å². The molecule has 0 N–H and O–H groups in total. The van der Waals surface area contributed by atoms with Crippen molar-refractivity contribution in [2.24, 2.45) is 23.7 Å². The van der Waals surface area contributed by atoms with Gasteiger partial charge in [-0.1, -0.05) is 83.6 Å². The monoisotopic (exact) mass is 340 g/mol. The summed E-state index contributed by atoms with van der Waals surface area (Å²) in [5, 5.41) is 0. The summed E-state index contributed by atoms with van der Waals surface area (Å²) in [5.74, 6) is 4.67. The fourth-order valence-electron chi connectivity index (χ4n) is 5.27. The first-order valence-corrected chi connectivity index (χ1v) is 11.2. The molecule has 0 aliphatic heterocycles. The lowest BCUT2D eigenvalue weighted by molar-refractivity contribution is 0.237. The van der Waals surface area contributed by atoms with Gasteiger partial charge in [-0.3, -0.25) is 0 Å². The van der Waals surface area contributed by atoms with E-state index in [1.165, 1.54) is 76.2 Å². The van der Waals surface area contributed by atoms with Crippen molar-refractivity contribution in [1.29, 1.82) is 0 Å². The molecule has 0 nitrogen and oxygen atoms in total. The van der Waals surface area contributed by atoms with Crippen LogP contribution in [0.3, 0.4) is 0 Å². The zero-order valence-corrected chi connectivity index (χ0v) is 17.0. The van der Waals surface area contributed by atoms with E-state index in [0.717, 1.165) is 29.6 Å². The molecule has 2 aliphatic carbocycles. The van der Waals surface area contributed by atoms with Crippen molar-refractivity contribution in [3.8, 4) is 0 Å². The van der Waals surface area contributed by atoms with E-state index >= 15 is 0 Å². The molecule has 0 aromatic heterocycles. The smallest absolute Gasteiger partial charge is 0.0162 e. The van der Waals surface area contributed by atoms with E-state index in [9.17, 15) is 0 Å². The molecule has 0 atom stereocenters. The molecule has 140 valence electrons. The van der Waals surface area contributed by atoms with E-state index in [4.69, 9.17) is 0 Å². The molecule has 0 bridgehead atoms. The Hall–Kier alpha value is -0.780. The SMILES string of the molecule is CC(C)Cc1ccc(C2CCC(CCC3CCC(C)CC3)CC2)cc1. The Morgan fingerprint density at radius 2 is 1.28 bits per heavy atom. The van der Waals surface area contributed by atoms with Gasteiger partial charge < -0.3 is 0 Å². The predicted octanol–water partition coefficient (Wildman–Crippen LogP) is 7.77. The van der Waals surface area contributed by atoms with Gasteiger partial charge >= 0.3 is 0 Å². The van der Waals surface area contributed by atoms with Crippen LogP contribution in [0, 0.1) is 23.7 Å². The van der Waals surface area contributed by atoms with Crippen LogP contribution in [0.1, 0.15) is 102 Å². The molecule has 0 heteroatoms. The van der Waals surface area contributed by atoms with Gasteiger partial charge in [0.1, 0.15) is 0 Å². The van der Waals surface area contributed by atoms with Gasteiger partial charge in [0, 0.05) is 0 Å². The van der Waals surface area contributed by atoms with Crippen LogP contribution in [-0.2, 0) is 6.42 Å². The maximum absolute atomic E-state index is 2.44. The number of hydrogen-bond donors (Lipinski definition) is 0. The molecule has 2 aliphatic rings. The van der Waals surface area contributed by atoms with Crippen molar-refractivity contribution in [3.63, 3.8) is 0 Å². The lowest BCUT2D eigenvalue weighted by Crippen LogP contribution is -2.17. The number of benzene rings is 1. The molecule has 3 rings (SSSR count). The zero-order valence-electron chi connectivity index (χ0n) is 17.0. The number of rotatable bonds is 6. The molecule has 0 amide bonds. The Bertz CT molecular complexity index is 481. The summed E-state index contributed by atoms with van der Waals surface area (Å²) < 4.78 is 0. The first-order chi connectivity index (χ1) is 12.1. The van der Waals surface area contributed by atoms with Crippen LogP contribution in [0.2, 0.25) is 0 Å². The highest BCUT2D eigenvalue weighted by atomic mass is 14.3. The fraction of sp³-hybridized carbons (Fsp3) is 0.760. The van der Waals surface area contributed by atoms with Crippen LogP contribution in [0.4, 0.5) is 0 Å². The lowest BCUT2D eigenvalue weighted by Gasteiger charge is -2.31. The third kappa shape index (κ3) is 5.87. The summed E-state index contributed by atoms with van der Waals surface area (Å²) in [5.41, 5.74) is 3.11. The lowest BCUT2D eigenvalue weighted by atomic mass is 9.74. The topological polar surface area (TPSA) is 0 Å². The van der Waals surface area contributed by atoms with Crippen molar-refractivity contribution in [3.05, 3.63) is 35.4 Å². The van der Waals surface area contributed by atoms with Crippen LogP contribution in [0.25, 0.3) is 0 Å². The summed E-state index contributed by atoms with van der Waals surface area (Å²) >= 11 is 0. The highest BCUT2D eigenvalue weighted by Crippen LogP contribution is 2.39. The molecule has 0 spiro atoms. The van der Waals surface area contributed by atoms with E-state index < -0.39 is 0 Å². The normalized spacial score (nSPS) is 30.6. The van der Waals surface area contributed by atoms with Gasteiger partial charge in [0.25, 0.3) is 0 Å². The quantitative estimate of drug-likeness (QED) is 0.496. The molecule has 0 unspecified atom stereocenters. The molecule has 2 fully saturated rings. The number of hydrogen-bond acceptors (Lipinski definition) is 0. The first kappa shape index (κ1) is 19.0. The molecule has 2 saturated carbocycles. The Morgan fingerprint density at radius 3 is 1.80 bits per heavy atom. The highest BCUT2D eigenvalue weighted by Gasteiger charge is 2.24. The van der Waals surface area contributed by atoms with Gasteiger partial charge in [0.2, 0.25) is 0 Å². The van der Waals surface area contributed by atoms with E-state index in [2.05, 4.69) is 45.0 Å². The average Bonchev–Trinajstić information content (AvgIpc) is 2.62. The Morgan fingerprint density at radius 1 is 0.760 bits per heavy atom. The van der Waals surface area contributed by atoms with Crippen LogP contribution >= 0.6 is 0 Å². The minimum atomic E-state index is 0.758. The maximum atomic E-state index is 2.44. The fourth-order valence-corrected chi connectivity index (χ4v) is 5.27. The largest absolute Gasteiger partial charge is 0.0625 e. The van der Waals surface area contributed by atoms with Crippen LogP contribution < -0.4 is 0 Å². The van der Waals surface area contributed by atoms with Crippen molar-refractivity contribution in [2.45, 2.75) is 97.3 Å². The second kappa shape index (κ2) is 9.24. The van der Waals surface area contributed by atoms with Crippen molar-refractivity contribution < 1.29 is 0 Å². The summed E-state index contributed by atoms with van der Waals surface area (Å²) in [6.07, 6.45) is 16.1. The van der Waals surface area contributed by atoms with Crippen LogP contribution in [0.15, 0.2) is 24.3 Å². The highest BCUT2D eigenvalue weighted by molar-refractivity contribution is 5.26. The van der Waals surface area contributed by atoms with Crippen molar-refractivity contribution >= 4 is 0 Å². The molecule has 0 saturated heterocycles. The van der Waals surface area contributed by atoms with Gasteiger partial charge in [0.15, 0.2) is 0 Å². The molecular formula is C25H40. The third-order valence-corrected chi connectivity index (χ3v) is 7.06. The average molecular weight is 341 g/mol. The van der Waals surface area contributed by atoms with E-state index in [0.29, 0.717) is 0 Å². The van der Waals surface area contributed by atoms with Gasteiger partial charge in [-0.2, -0.15) is 0 Å². The van der Waals surface area contributed by atoms with Crippen molar-refractivity contribution in [2.75, 3.05) is 0 Å². The van der Waals surface area contributed by atoms with Gasteiger partial charge in [0.05, 0.1) is 0 Å². The zero-order chi connectivity index (χ0) is 17.6. The second-order valence-electron chi connectivity index (χ2n) is 9.76. The van der Waals surface area contributed by atoms with Gasteiger partial charge in [-0.15, -0.1) is 0 Å².